The van der Waals surface area contributed by atoms with Crippen LogP contribution in [-0.4, -0.2) is 26.4 Å². The fourth-order valence-electron chi connectivity index (χ4n) is 3.28. The largest absolute Gasteiger partial charge is 0.423 e. The minimum absolute atomic E-state index is 0.0659. The van der Waals surface area contributed by atoms with E-state index in [1.807, 2.05) is 13.0 Å². The molecule has 0 aliphatic rings. The zero-order valence-electron chi connectivity index (χ0n) is 17.7. The summed E-state index contributed by atoms with van der Waals surface area (Å²) in [5.74, 6) is -0.713. The number of carbonyl (C=O) groups is 2. The Hall–Kier alpha value is -4.53. The summed E-state index contributed by atoms with van der Waals surface area (Å²) in [6, 6.07) is 16.4. The number of rotatable bonds is 6. The van der Waals surface area contributed by atoms with E-state index in [1.165, 1.54) is 16.8 Å². The number of nitrogens with one attached hydrogen (secondary N) is 2. The van der Waals surface area contributed by atoms with Crippen LogP contribution in [-0.2, 0) is 6.54 Å². The first-order chi connectivity index (χ1) is 16.0. The first kappa shape index (κ1) is 21.7. The van der Waals surface area contributed by atoms with Gasteiger partial charge in [0.05, 0.1) is 10.9 Å². The molecular weight excluding hydrogens is 424 g/mol. The molecule has 2 aromatic heterocycles. The van der Waals surface area contributed by atoms with Gasteiger partial charge < -0.3 is 10.1 Å². The zero-order valence-corrected chi connectivity index (χ0v) is 17.7. The number of aromatic nitrogens is 3. The number of nitrogens with zero attached hydrogens (tertiary/aromatic N) is 2. The number of hydrogen-bond acceptors (Lipinski definition) is 6. The monoisotopic (exact) mass is 444 g/mol. The maximum Gasteiger partial charge on any atom is 0.345 e. The van der Waals surface area contributed by atoms with Crippen molar-refractivity contribution in [3.05, 3.63) is 98.8 Å². The van der Waals surface area contributed by atoms with Crippen LogP contribution in [0.5, 0.6) is 5.75 Å². The van der Waals surface area contributed by atoms with E-state index in [2.05, 4.69) is 15.3 Å². The summed E-state index contributed by atoms with van der Waals surface area (Å²) in [7, 11) is 0. The van der Waals surface area contributed by atoms with Gasteiger partial charge >= 0.3 is 11.7 Å². The molecule has 0 aliphatic carbocycles. The Bertz CT molecular complexity index is 1440. The predicted octanol–water partition coefficient (Wildman–Crippen LogP) is 2.97. The van der Waals surface area contributed by atoms with Gasteiger partial charge in [-0.05, 0) is 48.9 Å². The summed E-state index contributed by atoms with van der Waals surface area (Å²) in [4.78, 5) is 55.5. The first-order valence-electron chi connectivity index (χ1n) is 10.3. The summed E-state index contributed by atoms with van der Waals surface area (Å²) < 4.78 is 6.72. The highest BCUT2D eigenvalue weighted by Crippen LogP contribution is 2.18. The van der Waals surface area contributed by atoms with Gasteiger partial charge in [0.2, 0.25) is 0 Å². The van der Waals surface area contributed by atoms with Crippen LogP contribution >= 0.6 is 0 Å². The fourth-order valence-corrected chi connectivity index (χ4v) is 3.28. The lowest BCUT2D eigenvalue weighted by Gasteiger charge is -2.09. The van der Waals surface area contributed by atoms with Gasteiger partial charge in [-0.3, -0.25) is 19.1 Å². The van der Waals surface area contributed by atoms with Crippen molar-refractivity contribution >= 4 is 28.6 Å². The first-order valence-corrected chi connectivity index (χ1v) is 10.3. The molecule has 9 nitrogen and oxygen atoms in total. The van der Waals surface area contributed by atoms with Crippen molar-refractivity contribution < 1.29 is 14.3 Å². The lowest BCUT2D eigenvalue weighted by molar-refractivity contribution is 0.0734. The molecule has 166 valence electrons. The second-order valence-corrected chi connectivity index (χ2v) is 7.24. The van der Waals surface area contributed by atoms with E-state index < -0.39 is 17.2 Å². The standard InChI is InChI=1S/C24H20N4O5/c1-2-12-28-20-19(22(30)27-24(28)32)13-16(14-25-20)23(31)33-18-10-8-17(9-11-18)26-21(29)15-6-4-3-5-7-15/h3-11,13-14H,2,12H2,1H3,(H,26,29)(H,27,30,32). The third-order valence-corrected chi connectivity index (χ3v) is 4.87. The Balaban J connectivity index is 1.50. The van der Waals surface area contributed by atoms with Gasteiger partial charge in [0.15, 0.2) is 0 Å². The minimum atomic E-state index is -0.710. The van der Waals surface area contributed by atoms with Gasteiger partial charge in [-0.1, -0.05) is 25.1 Å². The van der Waals surface area contributed by atoms with E-state index >= 15 is 0 Å². The predicted molar refractivity (Wildman–Crippen MR) is 123 cm³/mol. The number of esters is 1. The molecule has 0 radical (unpaired) electrons. The SMILES string of the molecule is CCCn1c(=O)[nH]c(=O)c2cc(C(=O)Oc3ccc(NC(=O)c4ccccc4)cc3)cnc21. The third kappa shape index (κ3) is 4.72. The molecule has 0 spiro atoms. The van der Waals surface area contributed by atoms with Crippen molar-refractivity contribution in [2.24, 2.45) is 0 Å². The van der Waals surface area contributed by atoms with E-state index in [-0.39, 0.29) is 28.3 Å². The highest BCUT2D eigenvalue weighted by molar-refractivity contribution is 6.04. The number of carbonyl (C=O) groups excluding carboxylic acids is 2. The van der Waals surface area contributed by atoms with Crippen molar-refractivity contribution in [1.82, 2.24) is 14.5 Å². The highest BCUT2D eigenvalue weighted by atomic mass is 16.5. The Morgan fingerprint density at radius 1 is 1.03 bits per heavy atom. The summed E-state index contributed by atoms with van der Waals surface area (Å²) >= 11 is 0. The summed E-state index contributed by atoms with van der Waals surface area (Å²) in [5.41, 5.74) is 0.170. The van der Waals surface area contributed by atoms with Gasteiger partial charge in [-0.25, -0.2) is 14.6 Å². The number of aryl methyl sites for hydroxylation is 1. The molecule has 4 rings (SSSR count). The van der Waals surface area contributed by atoms with E-state index in [1.54, 1.807) is 48.5 Å². The molecule has 1 amide bonds. The van der Waals surface area contributed by atoms with Crippen LogP contribution in [0.2, 0.25) is 0 Å². The zero-order chi connectivity index (χ0) is 23.4. The lowest BCUT2D eigenvalue weighted by atomic mass is 10.2. The molecule has 0 bridgehead atoms. The second kappa shape index (κ2) is 9.31. The van der Waals surface area contributed by atoms with Crippen molar-refractivity contribution in [2.45, 2.75) is 19.9 Å². The molecule has 0 saturated carbocycles. The van der Waals surface area contributed by atoms with E-state index in [0.29, 0.717) is 24.2 Å². The number of pyridine rings is 1. The Morgan fingerprint density at radius 2 is 1.76 bits per heavy atom. The quantitative estimate of drug-likeness (QED) is 0.348. The van der Waals surface area contributed by atoms with Crippen LogP contribution in [0.1, 0.15) is 34.1 Å². The molecule has 2 N–H and O–H groups in total. The van der Waals surface area contributed by atoms with Crippen LogP contribution in [0.25, 0.3) is 11.0 Å². The molecule has 33 heavy (non-hydrogen) atoms. The Labute approximate surface area is 187 Å². The van der Waals surface area contributed by atoms with E-state index in [4.69, 9.17) is 4.74 Å². The maximum atomic E-state index is 12.6. The third-order valence-electron chi connectivity index (χ3n) is 4.87. The van der Waals surface area contributed by atoms with Crippen molar-refractivity contribution in [3.8, 4) is 5.75 Å². The van der Waals surface area contributed by atoms with Crippen LogP contribution in [0, 0.1) is 0 Å². The summed E-state index contributed by atoms with van der Waals surface area (Å²) in [5, 5.41) is 2.88. The van der Waals surface area contributed by atoms with Crippen LogP contribution in [0.15, 0.2) is 76.4 Å². The van der Waals surface area contributed by atoms with Crippen molar-refractivity contribution in [1.29, 1.82) is 0 Å². The molecule has 9 heteroatoms. The number of fused-ring (bicyclic) bond motifs is 1. The van der Waals surface area contributed by atoms with Gasteiger partial charge in [-0.2, -0.15) is 0 Å². The maximum absolute atomic E-state index is 12.6. The van der Waals surface area contributed by atoms with Crippen molar-refractivity contribution in [2.75, 3.05) is 5.32 Å². The number of amides is 1. The fraction of sp³-hybridized carbons (Fsp3) is 0.125. The van der Waals surface area contributed by atoms with Gasteiger partial charge in [-0.15, -0.1) is 0 Å². The number of aromatic amines is 1. The molecule has 0 fully saturated rings. The molecule has 2 aromatic carbocycles. The van der Waals surface area contributed by atoms with Crippen molar-refractivity contribution in [3.63, 3.8) is 0 Å². The lowest BCUT2D eigenvalue weighted by Crippen LogP contribution is -2.31. The number of hydrogen-bond donors (Lipinski definition) is 2. The summed E-state index contributed by atoms with van der Waals surface area (Å²) in [6.07, 6.45) is 1.94. The van der Waals surface area contributed by atoms with Crippen LogP contribution in [0.3, 0.4) is 0 Å². The highest BCUT2D eigenvalue weighted by Gasteiger charge is 2.15. The number of H-pyrrole nitrogens is 1. The number of ether oxygens (including phenoxy) is 1. The minimum Gasteiger partial charge on any atom is -0.423 e. The van der Waals surface area contributed by atoms with Gasteiger partial charge in [0.1, 0.15) is 11.4 Å². The molecule has 4 aromatic rings. The van der Waals surface area contributed by atoms with E-state index in [0.717, 1.165) is 0 Å². The Kier molecular flexibility index (Phi) is 6.12. The molecular formula is C24H20N4O5. The smallest absolute Gasteiger partial charge is 0.345 e. The van der Waals surface area contributed by atoms with Crippen LogP contribution < -0.4 is 21.3 Å². The molecule has 0 aliphatic heterocycles. The molecule has 0 atom stereocenters. The average Bonchev–Trinajstić information content (AvgIpc) is 2.83. The average molecular weight is 444 g/mol. The number of benzene rings is 2. The second-order valence-electron chi connectivity index (χ2n) is 7.24. The van der Waals surface area contributed by atoms with E-state index in [9.17, 15) is 19.2 Å². The molecule has 0 unspecified atom stereocenters. The van der Waals surface area contributed by atoms with Gasteiger partial charge in [0.25, 0.3) is 11.5 Å². The topological polar surface area (TPSA) is 123 Å². The molecule has 0 saturated heterocycles. The molecule has 2 heterocycles. The Morgan fingerprint density at radius 3 is 2.45 bits per heavy atom. The number of anilines is 1. The summed E-state index contributed by atoms with van der Waals surface area (Å²) in [6.45, 7) is 2.28. The van der Waals surface area contributed by atoms with Gasteiger partial charge in [0, 0.05) is 24.0 Å². The normalized spacial score (nSPS) is 10.7. The van der Waals surface area contributed by atoms with Crippen LogP contribution in [0.4, 0.5) is 5.69 Å².